The van der Waals surface area contributed by atoms with E-state index in [4.69, 9.17) is 4.42 Å². The van der Waals surface area contributed by atoms with Crippen LogP contribution < -0.4 is 36.6 Å². The number of furan rings is 1. The number of aromatic nitrogens is 1. The number of rotatable bonds is 1. The number of benzene rings is 8. The molecule has 0 unspecified atom stereocenters. The summed E-state index contributed by atoms with van der Waals surface area (Å²) in [4.78, 5) is 6.45. The number of nitrogens with zero attached hydrogens (tertiary/aromatic N) is 1. The molecule has 5 heterocycles. The van der Waals surface area contributed by atoms with Crippen molar-refractivity contribution in [1.82, 2.24) is 4.98 Å². The lowest BCUT2D eigenvalue weighted by molar-refractivity contribution is 0.669. The predicted molar refractivity (Wildman–Crippen MR) is 241 cm³/mol. The minimum Gasteiger partial charge on any atom is -0.456 e. The molecular formula is C52H29BN2OSi. The molecule has 11 aromatic rings. The number of anilines is 3. The summed E-state index contributed by atoms with van der Waals surface area (Å²) in [5, 5.41) is 12.8. The van der Waals surface area contributed by atoms with Gasteiger partial charge < -0.3 is 14.3 Å². The molecule has 1 spiro atoms. The second-order valence-electron chi connectivity index (χ2n) is 15.8. The SMILES string of the molecule is B1c2cccc3c2N(c2ccccc2[Si]32c3ccccc3-c3ccccc32)c2cc3oc4ccccc4c3c(-c3cccc4c3[nH]c3c#cc5ccccc5c34)c21. The maximum absolute atomic E-state index is 6.87. The molecule has 260 valence electrons. The molecule has 0 bridgehead atoms. The van der Waals surface area contributed by atoms with Crippen molar-refractivity contribution in [3.8, 4) is 22.3 Å². The molecule has 0 saturated carbocycles. The first-order chi connectivity index (χ1) is 28.3. The standard InChI is InChI=1S/C52H29BN2OSi/c1-2-14-31-30(13-1)27-28-38-47(31)35-18-11-19-36(51(35)54-38)49-48-34-17-3-7-22-41(34)56-42(48)29-40-50(49)53-37-20-12-26-46-52(37)55(40)39-21-6-10-25-45(39)57(46)43-23-8-4-15-32(43)33-16-5-9-24-44(33)57/h1-26,29,53-54H. The highest BCUT2D eigenvalue weighted by atomic mass is 28.3. The smallest absolute Gasteiger partial charge is 0.198 e. The molecule has 0 fully saturated rings. The Kier molecular flexibility index (Phi) is 5.54. The van der Waals surface area contributed by atoms with Crippen molar-refractivity contribution in [1.29, 1.82) is 0 Å². The van der Waals surface area contributed by atoms with E-state index in [1.165, 1.54) is 87.1 Å². The number of hydrogen-bond acceptors (Lipinski definition) is 2. The average Bonchev–Trinajstić information content (AvgIpc) is 3.93. The van der Waals surface area contributed by atoms with E-state index >= 15 is 0 Å². The first-order valence-corrected chi connectivity index (χ1v) is 21.7. The molecule has 14 rings (SSSR count). The molecule has 3 nitrogen and oxygen atoms in total. The Labute approximate surface area is 329 Å². The van der Waals surface area contributed by atoms with Crippen molar-refractivity contribution in [2.45, 2.75) is 0 Å². The molecule has 0 saturated heterocycles. The van der Waals surface area contributed by atoms with Crippen LogP contribution in [0.1, 0.15) is 0 Å². The van der Waals surface area contributed by atoms with Gasteiger partial charge in [0.15, 0.2) is 15.4 Å². The van der Waals surface area contributed by atoms with Gasteiger partial charge in [-0.2, -0.15) is 0 Å². The van der Waals surface area contributed by atoms with Gasteiger partial charge in [0.2, 0.25) is 0 Å². The zero-order valence-electron chi connectivity index (χ0n) is 30.7. The van der Waals surface area contributed by atoms with E-state index in [-0.39, 0.29) is 0 Å². The van der Waals surface area contributed by atoms with Crippen LogP contribution in [0.4, 0.5) is 17.1 Å². The zero-order chi connectivity index (χ0) is 37.0. The molecule has 3 aliphatic rings. The number of para-hydroxylation sites is 4. The molecule has 0 amide bonds. The quantitative estimate of drug-likeness (QED) is 0.172. The summed E-state index contributed by atoms with van der Waals surface area (Å²) in [7, 11) is -1.89. The molecule has 3 aliphatic heterocycles. The van der Waals surface area contributed by atoms with Crippen LogP contribution in [0.5, 0.6) is 0 Å². The molecule has 57 heavy (non-hydrogen) atoms. The third kappa shape index (κ3) is 3.57. The molecular weight excluding hydrogens is 707 g/mol. The van der Waals surface area contributed by atoms with Crippen molar-refractivity contribution in [2.75, 3.05) is 4.90 Å². The van der Waals surface area contributed by atoms with E-state index in [0.717, 1.165) is 45.6 Å². The van der Waals surface area contributed by atoms with Crippen LogP contribution in [-0.4, -0.2) is 20.3 Å². The van der Waals surface area contributed by atoms with E-state index in [2.05, 4.69) is 186 Å². The Morgan fingerprint density at radius 3 is 2.05 bits per heavy atom. The normalized spacial score (nSPS) is 14.1. The van der Waals surface area contributed by atoms with Gasteiger partial charge in [-0.1, -0.05) is 151 Å². The molecule has 5 heteroatoms. The Morgan fingerprint density at radius 2 is 1.19 bits per heavy atom. The van der Waals surface area contributed by atoms with Gasteiger partial charge in [-0.25, -0.2) is 0 Å². The fourth-order valence-corrected chi connectivity index (χ4v) is 16.7. The number of nitrogens with one attached hydrogen (secondary N) is 1. The average molecular weight is 737 g/mol. The van der Waals surface area contributed by atoms with Crippen molar-refractivity contribution < 1.29 is 4.42 Å². The van der Waals surface area contributed by atoms with Gasteiger partial charge in [0.25, 0.3) is 0 Å². The summed E-state index contributed by atoms with van der Waals surface area (Å²) in [6.07, 6.45) is 0. The highest BCUT2D eigenvalue weighted by Crippen LogP contribution is 2.47. The molecule has 2 aromatic heterocycles. The summed E-state index contributed by atoms with van der Waals surface area (Å²) >= 11 is 0. The minimum atomic E-state index is -2.69. The maximum atomic E-state index is 6.87. The van der Waals surface area contributed by atoms with E-state index < -0.39 is 8.07 Å². The summed E-state index contributed by atoms with van der Waals surface area (Å²) < 4.78 is 6.87. The van der Waals surface area contributed by atoms with Crippen molar-refractivity contribution in [3.63, 3.8) is 0 Å². The number of fused-ring (bicyclic) bond motifs is 19. The number of hydrogen-bond donors (Lipinski definition) is 1. The summed E-state index contributed by atoms with van der Waals surface area (Å²) in [6.45, 7) is 0. The summed E-state index contributed by atoms with van der Waals surface area (Å²) in [5.74, 6) is 0. The molecule has 0 aliphatic carbocycles. The van der Waals surface area contributed by atoms with Gasteiger partial charge >= 0.3 is 0 Å². The maximum Gasteiger partial charge on any atom is 0.198 e. The van der Waals surface area contributed by atoms with Gasteiger partial charge in [0.1, 0.15) is 11.2 Å². The minimum absolute atomic E-state index is 0.801. The lowest BCUT2D eigenvalue weighted by Crippen LogP contribution is -2.76. The predicted octanol–water partition coefficient (Wildman–Crippen LogP) is 8.48. The van der Waals surface area contributed by atoms with E-state index in [1.54, 1.807) is 0 Å². The van der Waals surface area contributed by atoms with Crippen LogP contribution in [0.2, 0.25) is 0 Å². The lowest BCUT2D eigenvalue weighted by Gasteiger charge is -2.47. The second-order valence-corrected chi connectivity index (χ2v) is 19.5. The molecule has 9 aromatic carbocycles. The Morgan fingerprint density at radius 1 is 0.526 bits per heavy atom. The van der Waals surface area contributed by atoms with Gasteiger partial charge in [-0.3, -0.25) is 0 Å². The van der Waals surface area contributed by atoms with Crippen molar-refractivity contribution >= 4 is 119 Å². The first-order valence-electron chi connectivity index (χ1n) is 19.7. The fraction of sp³-hybridized carbons (Fsp3) is 0. The molecule has 0 atom stereocenters. The Balaban J connectivity index is 1.12. The third-order valence-electron chi connectivity index (χ3n) is 13.2. The monoisotopic (exact) mass is 736 g/mol. The Hall–Kier alpha value is -7.26. The summed E-state index contributed by atoms with van der Waals surface area (Å²) in [5.41, 5.74) is 15.5. The second kappa shape index (κ2) is 10.5. The third-order valence-corrected chi connectivity index (χ3v) is 18.2. The zero-order valence-corrected chi connectivity index (χ0v) is 31.7. The van der Waals surface area contributed by atoms with E-state index in [0.29, 0.717) is 0 Å². The van der Waals surface area contributed by atoms with Crippen LogP contribution in [0.15, 0.2) is 168 Å². The van der Waals surface area contributed by atoms with E-state index in [9.17, 15) is 0 Å². The van der Waals surface area contributed by atoms with Gasteiger partial charge in [0.05, 0.1) is 11.0 Å². The van der Waals surface area contributed by atoms with Gasteiger partial charge in [-0.05, 0) is 67.2 Å². The van der Waals surface area contributed by atoms with Crippen LogP contribution in [-0.2, 0) is 0 Å². The highest BCUT2D eigenvalue weighted by molar-refractivity contribution is 7.23. The highest BCUT2D eigenvalue weighted by Gasteiger charge is 2.55. The lowest BCUT2D eigenvalue weighted by atomic mass is 9.57. The number of aromatic amines is 1. The van der Waals surface area contributed by atoms with Crippen LogP contribution >= 0.6 is 0 Å². The largest absolute Gasteiger partial charge is 0.456 e. The molecule has 1 N–H and O–H groups in total. The van der Waals surface area contributed by atoms with Crippen molar-refractivity contribution in [3.05, 3.63) is 176 Å². The topological polar surface area (TPSA) is 32.2 Å². The van der Waals surface area contributed by atoms with Crippen molar-refractivity contribution in [2.24, 2.45) is 0 Å². The summed E-state index contributed by atoms with van der Waals surface area (Å²) in [6, 6.07) is 67.8. The van der Waals surface area contributed by atoms with Crippen LogP contribution in [0, 0.1) is 12.1 Å². The van der Waals surface area contributed by atoms with Gasteiger partial charge in [-0.15, -0.1) is 0 Å². The van der Waals surface area contributed by atoms with Crippen LogP contribution in [0.3, 0.4) is 0 Å². The van der Waals surface area contributed by atoms with E-state index in [1.807, 2.05) is 0 Å². The van der Waals surface area contributed by atoms with Gasteiger partial charge in [0, 0.05) is 61.0 Å². The molecule has 0 radical (unpaired) electrons. The Bertz CT molecular complexity index is 3550. The van der Waals surface area contributed by atoms with Crippen LogP contribution in [0.25, 0.3) is 76.8 Å². The first kappa shape index (κ1) is 30.0. The number of H-pyrrole nitrogens is 1. The fourth-order valence-electron chi connectivity index (χ4n) is 11.1.